The van der Waals surface area contributed by atoms with E-state index >= 15 is 0 Å². The SMILES string of the molecule is CCCCCCCCCCCCCCCCN1CCN(C(OC(=O)[C@@]2(c3ccc(OC)cc3)C[C@H]2OC)c2ccccc2)CC1. The minimum atomic E-state index is -0.774. The topological polar surface area (TPSA) is 51.2 Å². The van der Waals surface area contributed by atoms with Crippen molar-refractivity contribution < 1.29 is 19.0 Å². The largest absolute Gasteiger partial charge is 0.497 e. The quantitative estimate of drug-likeness (QED) is 0.0970. The van der Waals surface area contributed by atoms with Crippen LogP contribution in [-0.2, 0) is 19.7 Å². The molecule has 4 rings (SSSR count). The molecule has 1 saturated carbocycles. The van der Waals surface area contributed by atoms with Crippen LogP contribution in [0.1, 0.15) is 121 Å². The lowest BCUT2D eigenvalue weighted by atomic mass is 9.95. The van der Waals surface area contributed by atoms with E-state index in [9.17, 15) is 4.79 Å². The van der Waals surface area contributed by atoms with Crippen molar-refractivity contribution in [2.24, 2.45) is 0 Å². The molecule has 3 atom stereocenters. The monoisotopic (exact) mass is 620 g/mol. The zero-order chi connectivity index (χ0) is 31.7. The van der Waals surface area contributed by atoms with E-state index in [1.54, 1.807) is 14.2 Å². The number of hydrogen-bond acceptors (Lipinski definition) is 6. The van der Waals surface area contributed by atoms with E-state index < -0.39 is 11.6 Å². The first kappa shape index (κ1) is 35.4. The lowest BCUT2D eigenvalue weighted by Crippen LogP contribution is -2.49. The third kappa shape index (κ3) is 10.6. The molecule has 0 aromatic heterocycles. The highest BCUT2D eigenvalue weighted by Crippen LogP contribution is 2.52. The summed E-state index contributed by atoms with van der Waals surface area (Å²) < 4.78 is 17.5. The Kier molecular flexibility index (Phi) is 15.2. The van der Waals surface area contributed by atoms with E-state index in [2.05, 4.69) is 28.9 Å². The third-order valence-electron chi connectivity index (χ3n) is 10.0. The van der Waals surface area contributed by atoms with Crippen LogP contribution in [-0.4, -0.2) is 68.8 Å². The molecule has 1 heterocycles. The highest BCUT2D eigenvalue weighted by atomic mass is 16.6. The van der Waals surface area contributed by atoms with E-state index in [4.69, 9.17) is 14.2 Å². The fourth-order valence-corrected chi connectivity index (χ4v) is 6.97. The molecule has 6 heteroatoms. The lowest BCUT2D eigenvalue weighted by Gasteiger charge is -2.39. The molecule has 0 radical (unpaired) electrons. The summed E-state index contributed by atoms with van der Waals surface area (Å²) in [6.45, 7) is 7.23. The molecule has 0 spiro atoms. The lowest BCUT2D eigenvalue weighted by molar-refractivity contribution is -0.166. The summed E-state index contributed by atoms with van der Waals surface area (Å²) in [6.07, 6.45) is 19.5. The highest BCUT2D eigenvalue weighted by Gasteiger charge is 2.64. The molecule has 250 valence electrons. The maximum Gasteiger partial charge on any atom is 0.321 e. The van der Waals surface area contributed by atoms with Gasteiger partial charge < -0.3 is 19.1 Å². The van der Waals surface area contributed by atoms with E-state index in [1.165, 1.54) is 89.9 Å². The van der Waals surface area contributed by atoms with Crippen molar-refractivity contribution >= 4 is 5.97 Å². The second-order valence-electron chi connectivity index (χ2n) is 13.3. The molecule has 1 saturated heterocycles. The van der Waals surface area contributed by atoms with Crippen LogP contribution in [0.4, 0.5) is 0 Å². The second kappa shape index (κ2) is 19.3. The first-order chi connectivity index (χ1) is 22.1. The standard InChI is InChI=1S/C39H60N2O4/c1-4-5-6-7-8-9-10-11-12-13-14-15-16-20-27-40-28-30-41(31-29-40)37(33-21-18-17-19-22-33)45-38(42)39(32-36(39)44-3)34-23-25-35(43-2)26-24-34/h17-19,21-26,36-37H,4-16,20,27-32H2,1-3H3/t36-,37?,39-/m1/s1. The molecule has 2 aliphatic rings. The first-order valence-electron chi connectivity index (χ1n) is 18.0. The molecule has 2 aromatic carbocycles. The summed E-state index contributed by atoms with van der Waals surface area (Å²) >= 11 is 0. The van der Waals surface area contributed by atoms with Gasteiger partial charge in [-0.3, -0.25) is 9.69 Å². The molecule has 1 aliphatic carbocycles. The van der Waals surface area contributed by atoms with Gasteiger partial charge in [0.15, 0.2) is 6.23 Å². The summed E-state index contributed by atoms with van der Waals surface area (Å²) in [5.74, 6) is 0.559. The Labute approximate surface area is 273 Å². The fraction of sp³-hybridized carbons (Fsp3) is 0.667. The van der Waals surface area contributed by atoms with E-state index in [0.29, 0.717) is 6.42 Å². The first-order valence-corrected chi connectivity index (χ1v) is 18.0. The number of unbranched alkanes of at least 4 members (excludes halogenated alkanes) is 13. The van der Waals surface area contributed by atoms with Crippen LogP contribution in [0.25, 0.3) is 0 Å². The minimum Gasteiger partial charge on any atom is -0.497 e. The van der Waals surface area contributed by atoms with Crippen molar-refractivity contribution in [1.82, 2.24) is 9.80 Å². The van der Waals surface area contributed by atoms with Gasteiger partial charge in [0.05, 0.1) is 13.2 Å². The van der Waals surface area contributed by atoms with Crippen LogP contribution in [0.3, 0.4) is 0 Å². The summed E-state index contributed by atoms with van der Waals surface area (Å²) in [4.78, 5) is 18.9. The Morgan fingerprint density at radius 2 is 1.31 bits per heavy atom. The molecule has 0 N–H and O–H groups in total. The van der Waals surface area contributed by atoms with Crippen molar-refractivity contribution in [1.29, 1.82) is 0 Å². The summed E-state index contributed by atoms with van der Waals surface area (Å²) in [5, 5.41) is 0. The molecule has 2 fully saturated rings. The van der Waals surface area contributed by atoms with Crippen LogP contribution < -0.4 is 4.74 Å². The summed E-state index contributed by atoms with van der Waals surface area (Å²) in [6, 6.07) is 17.9. The van der Waals surface area contributed by atoms with Gasteiger partial charge >= 0.3 is 5.97 Å². The average molecular weight is 621 g/mol. The minimum absolute atomic E-state index is 0.184. The van der Waals surface area contributed by atoms with Gasteiger partial charge in [0, 0.05) is 38.9 Å². The van der Waals surface area contributed by atoms with Crippen molar-refractivity contribution in [3.63, 3.8) is 0 Å². The molecule has 2 aromatic rings. The smallest absolute Gasteiger partial charge is 0.321 e. The molecule has 1 unspecified atom stereocenters. The second-order valence-corrected chi connectivity index (χ2v) is 13.3. The molecule has 6 nitrogen and oxygen atoms in total. The van der Waals surface area contributed by atoms with Crippen LogP contribution in [0, 0.1) is 0 Å². The van der Waals surface area contributed by atoms with Crippen molar-refractivity contribution in [2.45, 2.75) is 121 Å². The average Bonchev–Trinajstić information content (AvgIpc) is 3.84. The molecule has 0 amide bonds. The number of rotatable bonds is 22. The number of hydrogen-bond donors (Lipinski definition) is 0. The Hall–Kier alpha value is -2.41. The number of ether oxygens (including phenoxy) is 3. The Morgan fingerprint density at radius 3 is 1.82 bits per heavy atom. The number of nitrogens with zero attached hydrogens (tertiary/aromatic N) is 2. The third-order valence-corrected chi connectivity index (χ3v) is 10.0. The van der Waals surface area contributed by atoms with Gasteiger partial charge in [-0.2, -0.15) is 0 Å². The van der Waals surface area contributed by atoms with Crippen molar-refractivity contribution in [3.8, 4) is 5.75 Å². The van der Waals surface area contributed by atoms with E-state index in [-0.39, 0.29) is 12.1 Å². The Bertz CT molecular complexity index is 1090. The zero-order valence-electron chi connectivity index (χ0n) is 28.5. The molecule has 0 bridgehead atoms. The zero-order valence-corrected chi connectivity index (χ0v) is 28.5. The molecule has 1 aliphatic heterocycles. The van der Waals surface area contributed by atoms with Crippen LogP contribution in [0.15, 0.2) is 54.6 Å². The number of piperazine rings is 1. The number of carbonyl (C=O) groups excluding carboxylic acids is 1. The van der Waals surface area contributed by atoms with Gasteiger partial charge in [-0.25, -0.2) is 0 Å². The Balaban J connectivity index is 1.18. The number of esters is 1. The van der Waals surface area contributed by atoms with Gasteiger partial charge in [-0.15, -0.1) is 0 Å². The predicted molar refractivity (Wildman–Crippen MR) is 184 cm³/mol. The van der Waals surface area contributed by atoms with Crippen molar-refractivity contribution in [3.05, 3.63) is 65.7 Å². The maximum atomic E-state index is 13.9. The highest BCUT2D eigenvalue weighted by molar-refractivity contribution is 5.88. The predicted octanol–water partition coefficient (Wildman–Crippen LogP) is 8.69. The van der Waals surface area contributed by atoms with E-state index in [0.717, 1.165) is 49.6 Å². The normalized spacial score (nSPS) is 21.0. The van der Waals surface area contributed by atoms with Crippen LogP contribution >= 0.6 is 0 Å². The van der Waals surface area contributed by atoms with E-state index in [1.807, 2.05) is 42.5 Å². The van der Waals surface area contributed by atoms with Gasteiger partial charge in [0.25, 0.3) is 0 Å². The number of methoxy groups -OCH3 is 2. The molecule has 45 heavy (non-hydrogen) atoms. The van der Waals surface area contributed by atoms with Crippen LogP contribution in [0.2, 0.25) is 0 Å². The number of carbonyl (C=O) groups is 1. The summed E-state index contributed by atoms with van der Waals surface area (Å²) in [7, 11) is 3.33. The summed E-state index contributed by atoms with van der Waals surface area (Å²) in [5.41, 5.74) is 1.17. The van der Waals surface area contributed by atoms with Gasteiger partial charge in [0.1, 0.15) is 11.2 Å². The van der Waals surface area contributed by atoms with Gasteiger partial charge in [-0.05, 0) is 37.1 Å². The maximum absolute atomic E-state index is 13.9. The Morgan fingerprint density at radius 1 is 0.756 bits per heavy atom. The van der Waals surface area contributed by atoms with Crippen LogP contribution in [0.5, 0.6) is 5.75 Å². The number of benzene rings is 2. The fourth-order valence-electron chi connectivity index (χ4n) is 6.97. The van der Waals surface area contributed by atoms with Gasteiger partial charge in [-0.1, -0.05) is 133 Å². The van der Waals surface area contributed by atoms with Crippen molar-refractivity contribution in [2.75, 3.05) is 46.9 Å². The van der Waals surface area contributed by atoms with Gasteiger partial charge in [0.2, 0.25) is 0 Å². The molecular weight excluding hydrogens is 560 g/mol. The molecular formula is C39H60N2O4.